The Hall–Kier alpha value is -0.480. The monoisotopic (exact) mass is 388 g/mol. The van der Waals surface area contributed by atoms with Gasteiger partial charge in [-0.25, -0.2) is 0 Å². The quantitative estimate of drug-likeness (QED) is 0.462. The molecular formula is C15H11BrCl2OS. The van der Waals surface area contributed by atoms with Gasteiger partial charge in [0.1, 0.15) is 0 Å². The van der Waals surface area contributed by atoms with Crippen LogP contribution in [0.15, 0.2) is 51.8 Å². The molecule has 0 saturated carbocycles. The Morgan fingerprint density at radius 2 is 1.95 bits per heavy atom. The highest BCUT2D eigenvalue weighted by atomic mass is 79.9. The van der Waals surface area contributed by atoms with Gasteiger partial charge >= 0.3 is 0 Å². The van der Waals surface area contributed by atoms with Crippen LogP contribution < -0.4 is 0 Å². The number of thioether (sulfide) groups is 1. The van der Waals surface area contributed by atoms with Crippen molar-refractivity contribution in [3.63, 3.8) is 0 Å². The van der Waals surface area contributed by atoms with Gasteiger partial charge < -0.3 is 0 Å². The van der Waals surface area contributed by atoms with E-state index in [0.717, 1.165) is 9.37 Å². The lowest BCUT2D eigenvalue weighted by atomic mass is 10.1. The summed E-state index contributed by atoms with van der Waals surface area (Å²) in [7, 11) is 0. The van der Waals surface area contributed by atoms with Crippen LogP contribution in [0.4, 0.5) is 0 Å². The number of carbonyl (C=O) groups is 1. The van der Waals surface area contributed by atoms with Gasteiger partial charge in [0.15, 0.2) is 5.78 Å². The summed E-state index contributed by atoms with van der Waals surface area (Å²) >= 11 is 16.8. The summed E-state index contributed by atoms with van der Waals surface area (Å²) in [6.45, 7) is 1.87. The number of rotatable bonds is 4. The van der Waals surface area contributed by atoms with Crippen molar-refractivity contribution in [2.45, 2.75) is 17.1 Å². The van der Waals surface area contributed by atoms with Crippen molar-refractivity contribution >= 4 is 56.7 Å². The van der Waals surface area contributed by atoms with Crippen LogP contribution >= 0.6 is 50.9 Å². The average Bonchev–Trinajstić information content (AvgIpc) is 2.38. The lowest BCUT2D eigenvalue weighted by Crippen LogP contribution is -2.13. The van der Waals surface area contributed by atoms with E-state index in [0.29, 0.717) is 15.6 Å². The van der Waals surface area contributed by atoms with Gasteiger partial charge in [-0.1, -0.05) is 45.2 Å². The van der Waals surface area contributed by atoms with Crippen LogP contribution in [0.1, 0.15) is 17.3 Å². The van der Waals surface area contributed by atoms with Gasteiger partial charge in [0, 0.05) is 20.0 Å². The molecule has 1 atom stereocenters. The minimum absolute atomic E-state index is 0.00311. The maximum atomic E-state index is 12.4. The fourth-order valence-electron chi connectivity index (χ4n) is 1.71. The minimum atomic E-state index is -0.219. The van der Waals surface area contributed by atoms with Crippen molar-refractivity contribution < 1.29 is 4.79 Å². The molecule has 0 aromatic heterocycles. The fraction of sp³-hybridized carbons (Fsp3) is 0.133. The van der Waals surface area contributed by atoms with Crippen molar-refractivity contribution in [3.8, 4) is 0 Å². The van der Waals surface area contributed by atoms with Crippen LogP contribution in [0.3, 0.4) is 0 Å². The highest BCUT2D eigenvalue weighted by molar-refractivity contribution is 9.10. The number of hydrogen-bond acceptors (Lipinski definition) is 2. The van der Waals surface area contributed by atoms with Crippen molar-refractivity contribution in [1.82, 2.24) is 0 Å². The zero-order chi connectivity index (χ0) is 14.7. The van der Waals surface area contributed by atoms with Gasteiger partial charge in [-0.05, 0) is 43.3 Å². The van der Waals surface area contributed by atoms with E-state index in [1.54, 1.807) is 18.2 Å². The Balaban J connectivity index is 2.16. The number of hydrogen-bond donors (Lipinski definition) is 0. The molecule has 0 fully saturated rings. The number of ketones is 1. The molecule has 1 unspecified atom stereocenters. The van der Waals surface area contributed by atoms with E-state index in [2.05, 4.69) is 15.9 Å². The summed E-state index contributed by atoms with van der Waals surface area (Å²) in [6, 6.07) is 12.8. The molecule has 0 spiro atoms. The second-order valence-electron chi connectivity index (χ2n) is 4.21. The third-order valence-electron chi connectivity index (χ3n) is 2.67. The molecule has 0 saturated heterocycles. The molecule has 2 aromatic rings. The maximum absolute atomic E-state index is 12.4. The zero-order valence-corrected chi connectivity index (χ0v) is 14.5. The van der Waals surface area contributed by atoms with Crippen LogP contribution in [-0.2, 0) is 0 Å². The molecule has 0 aliphatic heterocycles. The second kappa shape index (κ2) is 6.99. The van der Waals surface area contributed by atoms with Crippen molar-refractivity contribution in [2.75, 3.05) is 0 Å². The maximum Gasteiger partial charge on any atom is 0.177 e. The molecule has 2 rings (SSSR count). The third-order valence-corrected chi connectivity index (χ3v) is 4.81. The highest BCUT2D eigenvalue weighted by Gasteiger charge is 2.19. The Labute approximate surface area is 140 Å². The number of Topliss-reactive ketones (excluding diaryl/α,β-unsaturated/α-hetero) is 1. The zero-order valence-electron chi connectivity index (χ0n) is 10.6. The van der Waals surface area contributed by atoms with Crippen molar-refractivity contribution in [3.05, 3.63) is 62.5 Å². The Morgan fingerprint density at radius 3 is 2.60 bits per heavy atom. The first kappa shape index (κ1) is 15.9. The first-order valence-electron chi connectivity index (χ1n) is 5.89. The number of benzene rings is 2. The average molecular weight is 390 g/mol. The molecule has 1 nitrogen and oxygen atoms in total. The van der Waals surface area contributed by atoms with Crippen LogP contribution in [-0.4, -0.2) is 11.0 Å². The lowest BCUT2D eigenvalue weighted by molar-refractivity contribution is 0.0994. The first-order valence-corrected chi connectivity index (χ1v) is 8.31. The predicted molar refractivity (Wildman–Crippen MR) is 90.3 cm³/mol. The molecule has 5 heteroatoms. The summed E-state index contributed by atoms with van der Waals surface area (Å²) in [4.78, 5) is 13.4. The van der Waals surface area contributed by atoms with Crippen LogP contribution in [0.5, 0.6) is 0 Å². The van der Waals surface area contributed by atoms with E-state index in [9.17, 15) is 4.79 Å². The van der Waals surface area contributed by atoms with Gasteiger partial charge in [-0.2, -0.15) is 0 Å². The second-order valence-corrected chi connectivity index (χ2v) is 7.38. The first-order chi connectivity index (χ1) is 9.47. The van der Waals surface area contributed by atoms with E-state index in [-0.39, 0.29) is 11.0 Å². The summed E-state index contributed by atoms with van der Waals surface area (Å²) in [5.74, 6) is -0.00311. The molecule has 104 valence electrons. The predicted octanol–water partition coefficient (Wildman–Crippen LogP) is 6.12. The molecule has 0 radical (unpaired) electrons. The Morgan fingerprint density at radius 1 is 1.20 bits per heavy atom. The van der Waals surface area contributed by atoms with Crippen LogP contribution in [0.25, 0.3) is 0 Å². The molecule has 0 aliphatic rings. The van der Waals surface area contributed by atoms with Crippen molar-refractivity contribution in [2.24, 2.45) is 0 Å². The van der Waals surface area contributed by atoms with Crippen molar-refractivity contribution in [1.29, 1.82) is 0 Å². The van der Waals surface area contributed by atoms with Gasteiger partial charge in [0.25, 0.3) is 0 Å². The van der Waals surface area contributed by atoms with E-state index in [1.165, 1.54) is 11.8 Å². The molecule has 0 bridgehead atoms. The molecule has 0 amide bonds. The smallest absolute Gasteiger partial charge is 0.177 e. The molecule has 0 aliphatic carbocycles. The van der Waals surface area contributed by atoms with E-state index >= 15 is 0 Å². The summed E-state index contributed by atoms with van der Waals surface area (Å²) in [5.41, 5.74) is 0.506. The Bertz CT molecular complexity index is 646. The van der Waals surface area contributed by atoms with E-state index in [4.69, 9.17) is 23.2 Å². The van der Waals surface area contributed by atoms with Gasteiger partial charge in [-0.3, -0.25) is 4.79 Å². The molecule has 0 heterocycles. The van der Waals surface area contributed by atoms with E-state index in [1.807, 2.05) is 31.2 Å². The number of carbonyl (C=O) groups excluding carboxylic acids is 1. The molecule has 0 N–H and O–H groups in total. The third kappa shape index (κ3) is 4.01. The molecule has 2 aromatic carbocycles. The topological polar surface area (TPSA) is 17.1 Å². The normalized spacial score (nSPS) is 12.2. The van der Waals surface area contributed by atoms with E-state index < -0.39 is 0 Å². The highest BCUT2D eigenvalue weighted by Crippen LogP contribution is 2.30. The van der Waals surface area contributed by atoms with Crippen LogP contribution in [0.2, 0.25) is 10.0 Å². The summed E-state index contributed by atoms with van der Waals surface area (Å²) in [6.07, 6.45) is 0. The summed E-state index contributed by atoms with van der Waals surface area (Å²) in [5, 5.41) is 0.700. The largest absolute Gasteiger partial charge is 0.293 e. The van der Waals surface area contributed by atoms with Gasteiger partial charge in [0.05, 0.1) is 10.3 Å². The van der Waals surface area contributed by atoms with Crippen LogP contribution in [0, 0.1) is 0 Å². The minimum Gasteiger partial charge on any atom is -0.293 e. The SMILES string of the molecule is CC(Sc1cccc(Br)c1)C(=O)c1ccc(Cl)cc1Cl. The van der Waals surface area contributed by atoms with Gasteiger partial charge in [0.2, 0.25) is 0 Å². The fourth-order valence-corrected chi connectivity index (χ4v) is 3.75. The standard InChI is InChI=1S/C15H11BrCl2OS/c1-9(20-12-4-2-3-10(16)7-12)15(19)13-6-5-11(17)8-14(13)18/h2-9H,1H3. The molecule has 20 heavy (non-hydrogen) atoms. The Kier molecular flexibility index (Phi) is 5.56. The molecular weight excluding hydrogens is 379 g/mol. The number of halogens is 3. The lowest BCUT2D eigenvalue weighted by Gasteiger charge is -2.12. The summed E-state index contributed by atoms with van der Waals surface area (Å²) < 4.78 is 0.992. The van der Waals surface area contributed by atoms with Gasteiger partial charge in [-0.15, -0.1) is 11.8 Å².